The molecule has 0 N–H and O–H groups in total. The van der Waals surface area contributed by atoms with Gasteiger partial charge in [0.15, 0.2) is 11.6 Å². The number of halogens is 4. The molecule has 0 aliphatic carbocycles. The van der Waals surface area contributed by atoms with Gasteiger partial charge >= 0.3 is 6.01 Å². The number of rotatable bonds is 3. The van der Waals surface area contributed by atoms with Crippen LogP contribution in [-0.4, -0.2) is 9.97 Å². The lowest BCUT2D eigenvalue weighted by Gasteiger charge is -2.06. The first-order chi connectivity index (χ1) is 8.60. The van der Waals surface area contributed by atoms with Crippen LogP contribution in [0.3, 0.4) is 0 Å². The predicted octanol–water partition coefficient (Wildman–Crippen LogP) is 4.20. The molecule has 1 aromatic carbocycles. The van der Waals surface area contributed by atoms with Crippen LogP contribution in [0.5, 0.6) is 11.8 Å². The van der Waals surface area contributed by atoms with Crippen LogP contribution in [0.25, 0.3) is 0 Å². The Kier molecular flexibility index (Phi) is 4.23. The summed E-state index contributed by atoms with van der Waals surface area (Å²) in [5.74, 6) is -2.35. The number of alkyl halides is 1. The number of nitrogens with zero attached hydrogens (tertiary/aromatic N) is 2. The van der Waals surface area contributed by atoms with E-state index in [0.29, 0.717) is 9.80 Å². The molecule has 0 saturated carbocycles. The SMILES string of the molecule is Fc1cc(Br)cc(Oc2ncc(CBr)cn2)c1F. The lowest BCUT2D eigenvalue weighted by atomic mass is 10.3. The maximum Gasteiger partial charge on any atom is 0.321 e. The Morgan fingerprint density at radius 2 is 1.83 bits per heavy atom. The number of aromatic nitrogens is 2. The van der Waals surface area contributed by atoms with Crippen LogP contribution in [0.4, 0.5) is 8.78 Å². The third-order valence-electron chi connectivity index (χ3n) is 2.00. The lowest BCUT2D eigenvalue weighted by molar-refractivity contribution is 0.392. The first kappa shape index (κ1) is 13.4. The van der Waals surface area contributed by atoms with Crippen molar-refractivity contribution in [1.29, 1.82) is 0 Å². The fourth-order valence-corrected chi connectivity index (χ4v) is 1.87. The quantitative estimate of drug-likeness (QED) is 0.592. The minimum atomic E-state index is -1.08. The van der Waals surface area contributed by atoms with E-state index in [1.807, 2.05) is 0 Å². The van der Waals surface area contributed by atoms with Gasteiger partial charge < -0.3 is 4.74 Å². The average Bonchev–Trinajstić information content (AvgIpc) is 2.36. The molecule has 1 heterocycles. The van der Waals surface area contributed by atoms with E-state index in [4.69, 9.17) is 4.74 Å². The van der Waals surface area contributed by atoms with Crippen molar-refractivity contribution in [2.75, 3.05) is 0 Å². The summed E-state index contributed by atoms with van der Waals surface area (Å²) < 4.78 is 32.0. The molecule has 0 saturated heterocycles. The Bertz CT molecular complexity index is 564. The second-order valence-electron chi connectivity index (χ2n) is 3.31. The maximum atomic E-state index is 13.4. The average molecular weight is 380 g/mol. The molecule has 2 aromatic rings. The Hall–Kier alpha value is -1.08. The van der Waals surface area contributed by atoms with Crippen molar-refractivity contribution in [3.8, 4) is 11.8 Å². The van der Waals surface area contributed by atoms with Crippen LogP contribution in [-0.2, 0) is 5.33 Å². The summed E-state index contributed by atoms with van der Waals surface area (Å²) in [6.07, 6.45) is 3.06. The Labute approximate surface area is 118 Å². The second kappa shape index (κ2) is 5.71. The van der Waals surface area contributed by atoms with E-state index in [-0.39, 0.29) is 11.8 Å². The van der Waals surface area contributed by atoms with E-state index < -0.39 is 11.6 Å². The highest BCUT2D eigenvalue weighted by Crippen LogP contribution is 2.28. The molecule has 0 aliphatic heterocycles. The lowest BCUT2D eigenvalue weighted by Crippen LogP contribution is -1.96. The summed E-state index contributed by atoms with van der Waals surface area (Å²) >= 11 is 6.29. The van der Waals surface area contributed by atoms with Gasteiger partial charge in [0.2, 0.25) is 5.82 Å². The molecule has 0 radical (unpaired) electrons. The Balaban J connectivity index is 2.27. The summed E-state index contributed by atoms with van der Waals surface area (Å²) in [7, 11) is 0. The van der Waals surface area contributed by atoms with E-state index in [1.54, 1.807) is 0 Å². The van der Waals surface area contributed by atoms with Crippen LogP contribution in [0, 0.1) is 11.6 Å². The zero-order valence-electron chi connectivity index (χ0n) is 8.83. The molecule has 2 rings (SSSR count). The van der Waals surface area contributed by atoms with Crippen molar-refractivity contribution in [2.45, 2.75) is 5.33 Å². The van der Waals surface area contributed by atoms with E-state index in [9.17, 15) is 8.78 Å². The van der Waals surface area contributed by atoms with E-state index in [0.717, 1.165) is 11.6 Å². The van der Waals surface area contributed by atoms with Gasteiger partial charge in [-0.2, -0.15) is 4.39 Å². The van der Waals surface area contributed by atoms with Gasteiger partial charge in [-0.3, -0.25) is 0 Å². The van der Waals surface area contributed by atoms with Gasteiger partial charge in [0.25, 0.3) is 0 Å². The van der Waals surface area contributed by atoms with Gasteiger partial charge in [-0.25, -0.2) is 14.4 Å². The Morgan fingerprint density at radius 3 is 2.44 bits per heavy atom. The van der Waals surface area contributed by atoms with E-state index in [1.165, 1.54) is 18.5 Å². The summed E-state index contributed by atoms with van der Waals surface area (Å²) in [6, 6.07) is 2.27. The normalized spacial score (nSPS) is 10.4. The molecule has 0 unspecified atom stereocenters. The van der Waals surface area contributed by atoms with Crippen molar-refractivity contribution >= 4 is 31.9 Å². The van der Waals surface area contributed by atoms with Crippen LogP contribution in [0.15, 0.2) is 29.0 Å². The molecule has 0 atom stereocenters. The fraction of sp³-hybridized carbons (Fsp3) is 0.0909. The molecule has 94 valence electrons. The zero-order valence-corrected chi connectivity index (χ0v) is 12.0. The molecule has 18 heavy (non-hydrogen) atoms. The largest absolute Gasteiger partial charge is 0.421 e. The molecule has 3 nitrogen and oxygen atoms in total. The fourth-order valence-electron chi connectivity index (χ4n) is 1.17. The summed E-state index contributed by atoms with van der Waals surface area (Å²) in [6.45, 7) is 0. The van der Waals surface area contributed by atoms with Gasteiger partial charge in [-0.15, -0.1) is 0 Å². The summed E-state index contributed by atoms with van der Waals surface area (Å²) in [5.41, 5.74) is 0.850. The number of benzene rings is 1. The molecule has 0 aliphatic rings. The van der Waals surface area contributed by atoms with Crippen molar-refractivity contribution in [2.24, 2.45) is 0 Å². The zero-order chi connectivity index (χ0) is 13.1. The third kappa shape index (κ3) is 3.02. The minimum Gasteiger partial charge on any atom is -0.421 e. The summed E-state index contributed by atoms with van der Waals surface area (Å²) in [4.78, 5) is 7.75. The minimum absolute atomic E-state index is 0.0453. The van der Waals surface area contributed by atoms with E-state index in [2.05, 4.69) is 41.8 Å². The maximum absolute atomic E-state index is 13.4. The van der Waals surface area contributed by atoms with Crippen LogP contribution in [0.1, 0.15) is 5.56 Å². The Morgan fingerprint density at radius 1 is 1.17 bits per heavy atom. The molecule has 0 amide bonds. The summed E-state index contributed by atoms with van der Waals surface area (Å²) in [5, 5.41) is 0.604. The molecule has 7 heteroatoms. The highest BCUT2D eigenvalue weighted by Gasteiger charge is 2.13. The molecule has 0 bridgehead atoms. The monoisotopic (exact) mass is 378 g/mol. The van der Waals surface area contributed by atoms with Crippen molar-refractivity contribution in [1.82, 2.24) is 9.97 Å². The first-order valence-corrected chi connectivity index (χ1v) is 6.71. The highest BCUT2D eigenvalue weighted by molar-refractivity contribution is 9.10. The number of ether oxygens (including phenoxy) is 1. The number of hydrogen-bond donors (Lipinski definition) is 0. The predicted molar refractivity (Wildman–Crippen MR) is 68.8 cm³/mol. The third-order valence-corrected chi connectivity index (χ3v) is 3.10. The molecular weight excluding hydrogens is 374 g/mol. The topological polar surface area (TPSA) is 35.0 Å². The standard InChI is InChI=1S/C11H6Br2F2N2O/c12-3-6-4-16-11(17-5-6)18-9-2-7(13)1-8(14)10(9)15/h1-2,4-5H,3H2. The number of hydrogen-bond acceptors (Lipinski definition) is 3. The van der Waals surface area contributed by atoms with Crippen molar-refractivity contribution in [3.63, 3.8) is 0 Å². The first-order valence-electron chi connectivity index (χ1n) is 4.79. The van der Waals surface area contributed by atoms with Gasteiger partial charge in [0, 0.05) is 22.2 Å². The highest BCUT2D eigenvalue weighted by atomic mass is 79.9. The second-order valence-corrected chi connectivity index (χ2v) is 4.79. The van der Waals surface area contributed by atoms with Crippen molar-refractivity contribution < 1.29 is 13.5 Å². The smallest absolute Gasteiger partial charge is 0.321 e. The molecule has 0 spiro atoms. The van der Waals surface area contributed by atoms with Crippen molar-refractivity contribution in [3.05, 3.63) is 46.2 Å². The van der Waals surface area contributed by atoms with Gasteiger partial charge in [-0.05, 0) is 17.7 Å². The van der Waals surface area contributed by atoms with Gasteiger partial charge in [0.1, 0.15) is 0 Å². The van der Waals surface area contributed by atoms with E-state index >= 15 is 0 Å². The molecular formula is C11H6Br2F2N2O. The van der Waals surface area contributed by atoms with Crippen LogP contribution >= 0.6 is 31.9 Å². The van der Waals surface area contributed by atoms with Crippen LogP contribution in [0.2, 0.25) is 0 Å². The van der Waals surface area contributed by atoms with Crippen LogP contribution < -0.4 is 4.74 Å². The van der Waals surface area contributed by atoms with Gasteiger partial charge in [-0.1, -0.05) is 31.9 Å². The molecule has 1 aromatic heterocycles. The van der Waals surface area contributed by atoms with Gasteiger partial charge in [0.05, 0.1) is 0 Å². The molecule has 0 fully saturated rings.